The molecule has 1 fully saturated rings. The van der Waals surface area contributed by atoms with Gasteiger partial charge in [0.15, 0.2) is 0 Å². The van der Waals surface area contributed by atoms with Gasteiger partial charge in [0.25, 0.3) is 5.91 Å². The van der Waals surface area contributed by atoms with Crippen LogP contribution in [-0.4, -0.2) is 68.9 Å². The van der Waals surface area contributed by atoms with Gasteiger partial charge in [-0.05, 0) is 43.9 Å². The number of hydrogen-bond acceptors (Lipinski definition) is 5. The predicted molar refractivity (Wildman–Crippen MR) is 125 cm³/mol. The van der Waals surface area contributed by atoms with E-state index < -0.39 is 0 Å². The van der Waals surface area contributed by atoms with Crippen molar-refractivity contribution in [1.29, 1.82) is 0 Å². The molecule has 0 unspecified atom stereocenters. The fourth-order valence-electron chi connectivity index (χ4n) is 4.34. The lowest BCUT2D eigenvalue weighted by molar-refractivity contribution is 0.0281. The van der Waals surface area contributed by atoms with Gasteiger partial charge in [-0.3, -0.25) is 4.79 Å². The summed E-state index contributed by atoms with van der Waals surface area (Å²) < 4.78 is 11.7. The van der Waals surface area contributed by atoms with Crippen molar-refractivity contribution in [3.63, 3.8) is 0 Å². The number of likely N-dealkylation sites (N-methyl/N-ethyl adjacent to an activating group) is 1. The van der Waals surface area contributed by atoms with E-state index >= 15 is 0 Å². The Morgan fingerprint density at radius 3 is 2.69 bits per heavy atom. The molecule has 0 saturated heterocycles. The number of amides is 3. The first-order chi connectivity index (χ1) is 15.4. The molecule has 0 radical (unpaired) electrons. The van der Waals surface area contributed by atoms with Crippen molar-refractivity contribution in [1.82, 2.24) is 15.5 Å². The number of carbonyl (C=O) groups is 2. The predicted octanol–water partition coefficient (Wildman–Crippen LogP) is 3.23. The molecule has 1 saturated carbocycles. The van der Waals surface area contributed by atoms with Crippen molar-refractivity contribution in [2.45, 2.75) is 64.1 Å². The van der Waals surface area contributed by atoms with Gasteiger partial charge in [-0.25, -0.2) is 4.79 Å². The first-order valence-electron chi connectivity index (χ1n) is 11.7. The van der Waals surface area contributed by atoms with Crippen LogP contribution >= 0.6 is 0 Å². The van der Waals surface area contributed by atoms with Crippen LogP contribution in [-0.2, 0) is 4.74 Å². The van der Waals surface area contributed by atoms with Crippen molar-refractivity contribution >= 4 is 17.6 Å². The number of nitrogens with zero attached hydrogens (tertiary/aromatic N) is 1. The third kappa shape index (κ3) is 6.59. The topological polar surface area (TPSA) is 91.9 Å². The third-order valence-electron chi connectivity index (χ3n) is 6.42. The van der Waals surface area contributed by atoms with Crippen LogP contribution in [0.5, 0.6) is 5.75 Å². The lowest BCUT2D eigenvalue weighted by Gasteiger charge is -2.30. The number of methoxy groups -OCH3 is 1. The first kappa shape index (κ1) is 24.3. The molecule has 3 N–H and O–H groups in total. The summed E-state index contributed by atoms with van der Waals surface area (Å²) in [6, 6.07) is 5.32. The van der Waals surface area contributed by atoms with E-state index in [0.29, 0.717) is 30.2 Å². The standard InChI is InChI=1S/C24H38N4O4/c1-16-13-25-17(2)15-32-21-11-10-19(27-24(30)26-18-8-6-5-7-9-18)12-20(21)23(29)28(3)14-22(16)31-4/h10-12,16-18,22,25H,5-9,13-15H2,1-4H3,(H2,26,27,30)/t16-,17+,22-/m1/s1. The smallest absolute Gasteiger partial charge is 0.319 e. The highest BCUT2D eigenvalue weighted by atomic mass is 16.5. The number of fused-ring (bicyclic) bond motifs is 1. The summed E-state index contributed by atoms with van der Waals surface area (Å²) in [5.41, 5.74) is 0.996. The average molecular weight is 447 g/mol. The summed E-state index contributed by atoms with van der Waals surface area (Å²) in [6.45, 7) is 5.84. The normalized spacial score (nSPS) is 25.7. The Morgan fingerprint density at radius 2 is 1.97 bits per heavy atom. The van der Waals surface area contributed by atoms with Gasteiger partial charge in [-0.1, -0.05) is 26.2 Å². The zero-order chi connectivity index (χ0) is 23.1. The quantitative estimate of drug-likeness (QED) is 0.663. The monoisotopic (exact) mass is 446 g/mol. The minimum Gasteiger partial charge on any atom is -0.491 e. The molecule has 1 aromatic carbocycles. The molecular weight excluding hydrogens is 408 g/mol. The summed E-state index contributed by atoms with van der Waals surface area (Å²) in [5, 5.41) is 9.40. The van der Waals surface area contributed by atoms with Gasteiger partial charge in [0.1, 0.15) is 12.4 Å². The van der Waals surface area contributed by atoms with E-state index in [0.717, 1.165) is 32.2 Å². The zero-order valence-electron chi connectivity index (χ0n) is 19.8. The second kappa shape index (κ2) is 11.5. The molecule has 178 valence electrons. The van der Waals surface area contributed by atoms with Crippen molar-refractivity contribution in [2.75, 3.05) is 39.2 Å². The number of rotatable bonds is 3. The number of carbonyl (C=O) groups excluding carboxylic acids is 2. The van der Waals surface area contributed by atoms with Crippen LogP contribution in [0.3, 0.4) is 0 Å². The minimum atomic E-state index is -0.238. The molecule has 1 aliphatic carbocycles. The van der Waals surface area contributed by atoms with E-state index in [1.807, 2.05) is 0 Å². The molecule has 1 aliphatic heterocycles. The summed E-state index contributed by atoms with van der Waals surface area (Å²) in [4.78, 5) is 27.4. The summed E-state index contributed by atoms with van der Waals surface area (Å²) in [6.07, 6.45) is 5.47. The molecule has 1 aromatic rings. The maximum absolute atomic E-state index is 13.3. The van der Waals surface area contributed by atoms with Crippen molar-refractivity contribution in [3.8, 4) is 5.75 Å². The van der Waals surface area contributed by atoms with Crippen LogP contribution in [0.2, 0.25) is 0 Å². The van der Waals surface area contributed by atoms with Crippen LogP contribution in [0.25, 0.3) is 0 Å². The summed E-state index contributed by atoms with van der Waals surface area (Å²) >= 11 is 0. The highest BCUT2D eigenvalue weighted by Crippen LogP contribution is 2.26. The first-order valence-corrected chi connectivity index (χ1v) is 11.7. The number of nitrogens with one attached hydrogen (secondary N) is 3. The number of benzene rings is 1. The van der Waals surface area contributed by atoms with Gasteiger partial charge in [0.2, 0.25) is 0 Å². The average Bonchev–Trinajstić information content (AvgIpc) is 2.79. The van der Waals surface area contributed by atoms with Gasteiger partial charge >= 0.3 is 6.03 Å². The third-order valence-corrected chi connectivity index (χ3v) is 6.42. The van der Waals surface area contributed by atoms with Crippen LogP contribution < -0.4 is 20.7 Å². The molecule has 3 rings (SSSR count). The number of hydrogen-bond donors (Lipinski definition) is 3. The van der Waals surface area contributed by atoms with E-state index in [4.69, 9.17) is 9.47 Å². The van der Waals surface area contributed by atoms with Crippen LogP contribution in [0.15, 0.2) is 18.2 Å². The molecular formula is C24H38N4O4. The van der Waals surface area contributed by atoms with E-state index in [1.165, 1.54) is 6.42 Å². The maximum atomic E-state index is 13.3. The van der Waals surface area contributed by atoms with Crippen molar-refractivity contribution in [2.24, 2.45) is 5.92 Å². The number of urea groups is 1. The Bertz CT molecular complexity index is 781. The van der Waals surface area contributed by atoms with E-state index in [9.17, 15) is 9.59 Å². The van der Waals surface area contributed by atoms with Crippen LogP contribution in [0.1, 0.15) is 56.3 Å². The lowest BCUT2D eigenvalue weighted by Crippen LogP contribution is -2.44. The Balaban J connectivity index is 1.78. The van der Waals surface area contributed by atoms with Crippen LogP contribution in [0, 0.1) is 5.92 Å². The molecule has 32 heavy (non-hydrogen) atoms. The number of anilines is 1. The van der Waals surface area contributed by atoms with E-state index in [-0.39, 0.29) is 36.0 Å². The molecule has 3 amide bonds. The second-order valence-corrected chi connectivity index (χ2v) is 9.20. The van der Waals surface area contributed by atoms with Gasteiger partial charge in [0, 0.05) is 45.0 Å². The van der Waals surface area contributed by atoms with Gasteiger partial charge in [-0.2, -0.15) is 0 Å². The van der Waals surface area contributed by atoms with Gasteiger partial charge in [-0.15, -0.1) is 0 Å². The Labute approximate surface area is 191 Å². The molecule has 0 spiro atoms. The number of ether oxygens (including phenoxy) is 2. The fourth-order valence-corrected chi connectivity index (χ4v) is 4.34. The fraction of sp³-hybridized carbons (Fsp3) is 0.667. The van der Waals surface area contributed by atoms with E-state index in [1.54, 1.807) is 37.3 Å². The Morgan fingerprint density at radius 1 is 1.22 bits per heavy atom. The minimum absolute atomic E-state index is 0.0879. The second-order valence-electron chi connectivity index (χ2n) is 9.20. The molecule has 0 aromatic heterocycles. The zero-order valence-corrected chi connectivity index (χ0v) is 19.8. The molecule has 1 heterocycles. The van der Waals surface area contributed by atoms with Crippen molar-refractivity contribution < 1.29 is 19.1 Å². The van der Waals surface area contributed by atoms with Gasteiger partial charge < -0.3 is 30.3 Å². The Kier molecular flexibility index (Phi) is 8.75. The molecule has 8 nitrogen and oxygen atoms in total. The molecule has 0 bridgehead atoms. The molecule has 2 aliphatic rings. The van der Waals surface area contributed by atoms with Crippen LogP contribution in [0.4, 0.5) is 10.5 Å². The van der Waals surface area contributed by atoms with Gasteiger partial charge in [0.05, 0.1) is 11.7 Å². The summed E-state index contributed by atoms with van der Waals surface area (Å²) in [5.74, 6) is 0.580. The highest BCUT2D eigenvalue weighted by molar-refractivity contribution is 5.99. The Hall–Kier alpha value is -2.32. The molecule has 3 atom stereocenters. The highest BCUT2D eigenvalue weighted by Gasteiger charge is 2.26. The maximum Gasteiger partial charge on any atom is 0.319 e. The largest absolute Gasteiger partial charge is 0.491 e. The lowest BCUT2D eigenvalue weighted by atomic mass is 9.96. The molecule has 8 heteroatoms. The summed E-state index contributed by atoms with van der Waals surface area (Å²) in [7, 11) is 3.45. The van der Waals surface area contributed by atoms with Crippen molar-refractivity contribution in [3.05, 3.63) is 23.8 Å². The van der Waals surface area contributed by atoms with E-state index in [2.05, 4.69) is 29.8 Å². The SMILES string of the molecule is CO[C@@H]1CN(C)C(=O)c2cc(NC(=O)NC3CCCCC3)ccc2OC[C@H](C)NC[C@H]1C.